The molecule has 0 bridgehead atoms. The molecule has 1 saturated heterocycles. The van der Waals surface area contributed by atoms with Gasteiger partial charge in [0.15, 0.2) is 0 Å². The minimum Gasteiger partial charge on any atom is -0.506 e. The molecule has 1 aromatic heterocycles. The van der Waals surface area contributed by atoms with Crippen LogP contribution in [-0.4, -0.2) is 59.1 Å². The average Bonchev–Trinajstić information content (AvgIpc) is 2.90. The summed E-state index contributed by atoms with van der Waals surface area (Å²) in [6.07, 6.45) is 2.48. The molecule has 0 unspecified atom stereocenters. The predicted octanol–water partition coefficient (Wildman–Crippen LogP) is 2.80. The topological polar surface area (TPSA) is 65.9 Å². The zero-order valence-electron chi connectivity index (χ0n) is 14.7. The Balaban J connectivity index is 1.66. The van der Waals surface area contributed by atoms with E-state index in [1.54, 1.807) is 30.5 Å². The maximum Gasteiger partial charge on any atom is 0.259 e. The number of methoxy groups -OCH3 is 1. The van der Waals surface area contributed by atoms with Crippen molar-refractivity contribution in [1.82, 2.24) is 14.8 Å². The number of amides is 1. The molecule has 6 nitrogen and oxygen atoms in total. The largest absolute Gasteiger partial charge is 0.506 e. The molecule has 0 radical (unpaired) electrons. The Kier molecular flexibility index (Phi) is 5.96. The number of pyridine rings is 1. The zero-order chi connectivity index (χ0) is 18.5. The van der Waals surface area contributed by atoms with Gasteiger partial charge in [-0.05, 0) is 30.2 Å². The van der Waals surface area contributed by atoms with Crippen LogP contribution in [0.15, 0.2) is 36.5 Å². The van der Waals surface area contributed by atoms with Crippen LogP contribution >= 0.6 is 11.6 Å². The molecule has 2 aromatic rings. The average molecular weight is 376 g/mol. The first-order valence-corrected chi connectivity index (χ1v) is 8.95. The standard InChI is InChI=1S/C19H22ClN3O3/c1-26-18-15(6-3-8-21-18)19(25)23-10-4-9-22(11-12-23)13-14-5-2-7-16(24)17(14)20/h2-3,5-8,24H,4,9-13H2,1H3. The summed E-state index contributed by atoms with van der Waals surface area (Å²) in [5.74, 6) is 0.386. The van der Waals surface area contributed by atoms with E-state index >= 15 is 0 Å². The van der Waals surface area contributed by atoms with Gasteiger partial charge in [-0.3, -0.25) is 9.69 Å². The number of ether oxygens (including phenoxy) is 1. The second-order valence-electron chi connectivity index (χ2n) is 6.23. The van der Waals surface area contributed by atoms with E-state index < -0.39 is 0 Å². The van der Waals surface area contributed by atoms with E-state index in [1.165, 1.54) is 7.11 Å². The number of halogens is 1. The molecule has 1 aromatic carbocycles. The molecule has 7 heteroatoms. The smallest absolute Gasteiger partial charge is 0.259 e. The van der Waals surface area contributed by atoms with Crippen LogP contribution in [0.1, 0.15) is 22.3 Å². The third-order valence-corrected chi connectivity index (χ3v) is 4.96. The Morgan fingerprint density at radius 3 is 2.88 bits per heavy atom. The van der Waals surface area contributed by atoms with Crippen molar-refractivity contribution in [2.24, 2.45) is 0 Å². The summed E-state index contributed by atoms with van der Waals surface area (Å²) in [5.41, 5.74) is 1.37. The summed E-state index contributed by atoms with van der Waals surface area (Å²) in [4.78, 5) is 21.0. The van der Waals surface area contributed by atoms with Gasteiger partial charge in [0.1, 0.15) is 11.3 Å². The molecular formula is C19H22ClN3O3. The highest BCUT2D eigenvalue weighted by molar-refractivity contribution is 6.32. The lowest BCUT2D eigenvalue weighted by atomic mass is 10.2. The predicted molar refractivity (Wildman–Crippen MR) is 99.7 cm³/mol. The highest BCUT2D eigenvalue weighted by Crippen LogP contribution is 2.28. The van der Waals surface area contributed by atoms with Gasteiger partial charge in [-0.1, -0.05) is 23.7 Å². The molecule has 138 valence electrons. The van der Waals surface area contributed by atoms with Crippen LogP contribution in [0.3, 0.4) is 0 Å². The summed E-state index contributed by atoms with van der Waals surface area (Å²) in [6.45, 7) is 3.54. The highest BCUT2D eigenvalue weighted by atomic mass is 35.5. The number of phenolic OH excluding ortho intramolecular Hbond substituents is 1. The summed E-state index contributed by atoms with van der Waals surface area (Å²) >= 11 is 6.18. The van der Waals surface area contributed by atoms with E-state index in [4.69, 9.17) is 16.3 Å². The molecule has 1 aliphatic heterocycles. The highest BCUT2D eigenvalue weighted by Gasteiger charge is 2.23. The third-order valence-electron chi connectivity index (χ3n) is 4.52. The third kappa shape index (κ3) is 4.08. The number of nitrogens with zero attached hydrogens (tertiary/aromatic N) is 3. The van der Waals surface area contributed by atoms with Gasteiger partial charge in [-0.25, -0.2) is 4.98 Å². The lowest BCUT2D eigenvalue weighted by Gasteiger charge is -2.23. The molecular weight excluding hydrogens is 354 g/mol. The minimum atomic E-state index is -0.0628. The number of hydrogen-bond donors (Lipinski definition) is 1. The van der Waals surface area contributed by atoms with Crippen molar-refractivity contribution >= 4 is 17.5 Å². The fourth-order valence-corrected chi connectivity index (χ4v) is 3.33. The second kappa shape index (κ2) is 8.38. The fourth-order valence-electron chi connectivity index (χ4n) is 3.15. The maximum atomic E-state index is 12.8. The van der Waals surface area contributed by atoms with E-state index in [1.807, 2.05) is 11.0 Å². The van der Waals surface area contributed by atoms with Gasteiger partial charge in [-0.15, -0.1) is 0 Å². The van der Waals surface area contributed by atoms with Crippen molar-refractivity contribution in [3.05, 3.63) is 52.7 Å². The van der Waals surface area contributed by atoms with Crippen molar-refractivity contribution < 1.29 is 14.6 Å². The summed E-state index contributed by atoms with van der Waals surface area (Å²) < 4.78 is 5.21. The van der Waals surface area contributed by atoms with E-state index in [0.717, 1.165) is 25.1 Å². The Hall–Kier alpha value is -2.31. The Morgan fingerprint density at radius 1 is 1.23 bits per heavy atom. The van der Waals surface area contributed by atoms with Crippen molar-refractivity contribution in [2.75, 3.05) is 33.3 Å². The number of carbonyl (C=O) groups is 1. The Morgan fingerprint density at radius 2 is 2.08 bits per heavy atom. The number of aromatic hydroxyl groups is 1. The van der Waals surface area contributed by atoms with Crippen LogP contribution in [0.25, 0.3) is 0 Å². The van der Waals surface area contributed by atoms with Crippen LogP contribution in [0, 0.1) is 0 Å². The molecule has 1 amide bonds. The van der Waals surface area contributed by atoms with Crippen LogP contribution < -0.4 is 4.74 Å². The quantitative estimate of drug-likeness (QED) is 0.890. The second-order valence-corrected chi connectivity index (χ2v) is 6.61. The number of carbonyl (C=O) groups excluding carboxylic acids is 1. The lowest BCUT2D eigenvalue weighted by molar-refractivity contribution is 0.0757. The molecule has 0 saturated carbocycles. The maximum absolute atomic E-state index is 12.8. The van der Waals surface area contributed by atoms with E-state index in [2.05, 4.69) is 9.88 Å². The van der Waals surface area contributed by atoms with Crippen LogP contribution in [0.4, 0.5) is 0 Å². The van der Waals surface area contributed by atoms with E-state index in [0.29, 0.717) is 36.1 Å². The lowest BCUT2D eigenvalue weighted by Crippen LogP contribution is -2.35. The first-order chi connectivity index (χ1) is 12.6. The molecule has 0 aliphatic carbocycles. The van der Waals surface area contributed by atoms with Crippen LogP contribution in [0.2, 0.25) is 5.02 Å². The van der Waals surface area contributed by atoms with Gasteiger partial charge < -0.3 is 14.7 Å². The first-order valence-electron chi connectivity index (χ1n) is 8.57. The molecule has 2 heterocycles. The number of hydrogen-bond acceptors (Lipinski definition) is 5. The SMILES string of the molecule is COc1ncccc1C(=O)N1CCCN(Cc2cccc(O)c2Cl)CC1. The number of rotatable bonds is 4. The Bertz CT molecular complexity index is 784. The molecule has 1 fully saturated rings. The number of aromatic nitrogens is 1. The first kappa shape index (κ1) is 18.5. The van der Waals surface area contributed by atoms with Gasteiger partial charge in [0.05, 0.1) is 12.1 Å². The van der Waals surface area contributed by atoms with Crippen molar-refractivity contribution in [3.8, 4) is 11.6 Å². The van der Waals surface area contributed by atoms with E-state index in [-0.39, 0.29) is 11.7 Å². The van der Waals surface area contributed by atoms with Crippen molar-refractivity contribution in [1.29, 1.82) is 0 Å². The molecule has 1 aliphatic rings. The van der Waals surface area contributed by atoms with Crippen LogP contribution in [-0.2, 0) is 6.54 Å². The van der Waals surface area contributed by atoms with Gasteiger partial charge in [-0.2, -0.15) is 0 Å². The number of benzene rings is 1. The summed E-state index contributed by atoms with van der Waals surface area (Å²) in [6, 6.07) is 8.76. The minimum absolute atomic E-state index is 0.0628. The number of phenols is 1. The van der Waals surface area contributed by atoms with Gasteiger partial charge in [0, 0.05) is 38.9 Å². The normalized spacial score (nSPS) is 15.5. The molecule has 0 spiro atoms. The van der Waals surface area contributed by atoms with Gasteiger partial charge in [0.25, 0.3) is 5.91 Å². The molecule has 26 heavy (non-hydrogen) atoms. The van der Waals surface area contributed by atoms with Crippen LogP contribution in [0.5, 0.6) is 11.6 Å². The monoisotopic (exact) mass is 375 g/mol. The molecule has 0 atom stereocenters. The van der Waals surface area contributed by atoms with Gasteiger partial charge in [0.2, 0.25) is 5.88 Å². The summed E-state index contributed by atoms with van der Waals surface area (Å²) in [7, 11) is 1.52. The summed E-state index contributed by atoms with van der Waals surface area (Å²) in [5, 5.41) is 10.1. The zero-order valence-corrected chi connectivity index (χ0v) is 15.4. The molecule has 1 N–H and O–H groups in total. The van der Waals surface area contributed by atoms with Gasteiger partial charge >= 0.3 is 0 Å². The Labute approximate surface area is 158 Å². The van der Waals surface area contributed by atoms with Crippen molar-refractivity contribution in [3.63, 3.8) is 0 Å². The molecule has 3 rings (SSSR count). The van der Waals surface area contributed by atoms with E-state index in [9.17, 15) is 9.90 Å². The fraction of sp³-hybridized carbons (Fsp3) is 0.368. The van der Waals surface area contributed by atoms with Crippen molar-refractivity contribution in [2.45, 2.75) is 13.0 Å².